The molecule has 2 amide bonds. The quantitative estimate of drug-likeness (QED) is 0.378. The number of amides is 2. The molecule has 1 aliphatic heterocycles. The van der Waals surface area contributed by atoms with E-state index in [1.165, 1.54) is 13.2 Å². The zero-order valence-electron chi connectivity index (χ0n) is 20.0. The van der Waals surface area contributed by atoms with E-state index in [0.29, 0.717) is 30.8 Å². The number of likely N-dealkylation sites (tertiary alicyclic amines) is 1. The third-order valence-corrected chi connectivity index (χ3v) is 6.88. The average molecular weight is 516 g/mol. The molecule has 4 rings (SSSR count). The minimum atomic E-state index is -0.722. The minimum absolute atomic E-state index is 0.0764. The number of piperidine rings is 1. The lowest BCUT2D eigenvalue weighted by Gasteiger charge is -2.39. The van der Waals surface area contributed by atoms with E-state index in [0.717, 1.165) is 25.1 Å². The van der Waals surface area contributed by atoms with Gasteiger partial charge in [0.2, 0.25) is 11.8 Å². The predicted molar refractivity (Wildman–Crippen MR) is 130 cm³/mol. The molecule has 10 nitrogen and oxygen atoms in total. The fourth-order valence-electron chi connectivity index (χ4n) is 4.48. The molecule has 0 aromatic carbocycles. The molecule has 2 aromatic rings. The predicted octanol–water partition coefficient (Wildman–Crippen LogP) is 2.28. The summed E-state index contributed by atoms with van der Waals surface area (Å²) < 4.78 is 19.1. The van der Waals surface area contributed by atoms with Crippen LogP contribution in [0.5, 0.6) is 5.88 Å². The first kappa shape index (κ1) is 25.5. The molecule has 0 radical (unpaired) electrons. The lowest BCUT2D eigenvalue weighted by molar-refractivity contribution is -0.137. The molecular formula is C24H27ClFN7O3. The Bertz CT molecular complexity index is 1250. The van der Waals surface area contributed by atoms with Crippen molar-refractivity contribution in [1.29, 1.82) is 5.41 Å². The first-order valence-electron chi connectivity index (χ1n) is 11.5. The summed E-state index contributed by atoms with van der Waals surface area (Å²) >= 11 is 6.07. The van der Waals surface area contributed by atoms with Gasteiger partial charge in [0.25, 0.3) is 5.91 Å². The molecule has 1 saturated heterocycles. The molecule has 0 unspecified atom stereocenters. The number of ether oxygens (including phenoxy) is 1. The number of carbonyl (C=O) groups excluding carboxylic acids is 2. The van der Waals surface area contributed by atoms with Gasteiger partial charge in [-0.1, -0.05) is 11.6 Å². The van der Waals surface area contributed by atoms with E-state index in [1.807, 2.05) is 0 Å². The summed E-state index contributed by atoms with van der Waals surface area (Å²) in [5.74, 6) is -1.40. The summed E-state index contributed by atoms with van der Waals surface area (Å²) in [6.07, 6.45) is 6.15. The number of nitrogens with one attached hydrogen (secondary N) is 2. The van der Waals surface area contributed by atoms with E-state index in [9.17, 15) is 14.0 Å². The highest BCUT2D eigenvalue weighted by Gasteiger charge is 2.54. The van der Waals surface area contributed by atoms with Gasteiger partial charge in [0.05, 0.1) is 42.6 Å². The van der Waals surface area contributed by atoms with E-state index >= 15 is 0 Å². The van der Waals surface area contributed by atoms with Crippen LogP contribution in [0.4, 0.5) is 4.39 Å². The number of methoxy groups -OCH3 is 1. The van der Waals surface area contributed by atoms with Crippen LogP contribution in [0.3, 0.4) is 0 Å². The Morgan fingerprint density at radius 2 is 2.14 bits per heavy atom. The molecule has 190 valence electrons. The smallest absolute Gasteiger partial charge is 0.270 e. The van der Waals surface area contributed by atoms with Crippen LogP contribution in [0, 0.1) is 24.1 Å². The van der Waals surface area contributed by atoms with Crippen molar-refractivity contribution >= 4 is 29.1 Å². The Balaban J connectivity index is 1.40. The van der Waals surface area contributed by atoms with Crippen molar-refractivity contribution < 1.29 is 18.7 Å². The standard InChI is InChI=1S/C24H27ClFN7O3/c1-13-10-30-21(25)19(32-13)12-31-22(34)14-3-6-33(24(9-14)4-5-24)23(35)18(28)8-17(27)15-7-20(36-2)29-11-16(15)26/h7-8,10-11,14,27H,3-6,9,12,28H2,1-2H3,(H,31,34)/t14-/m0/s1. The molecular weight excluding hydrogens is 489 g/mol. The zero-order valence-corrected chi connectivity index (χ0v) is 20.7. The number of pyridine rings is 1. The van der Waals surface area contributed by atoms with E-state index in [-0.39, 0.29) is 46.4 Å². The molecule has 12 heteroatoms. The second-order valence-electron chi connectivity index (χ2n) is 9.06. The van der Waals surface area contributed by atoms with Gasteiger partial charge in [0.1, 0.15) is 0 Å². The number of carbonyl (C=O) groups is 2. The lowest BCUT2D eigenvalue weighted by atomic mass is 9.88. The largest absolute Gasteiger partial charge is 0.481 e. The molecule has 2 aromatic heterocycles. The van der Waals surface area contributed by atoms with Crippen LogP contribution in [-0.2, 0) is 16.1 Å². The van der Waals surface area contributed by atoms with E-state index < -0.39 is 17.3 Å². The van der Waals surface area contributed by atoms with Crippen LogP contribution in [0.2, 0.25) is 5.15 Å². The number of aryl methyl sites for hydroxylation is 1. The Morgan fingerprint density at radius 1 is 1.39 bits per heavy atom. The van der Waals surface area contributed by atoms with Gasteiger partial charge in [0.15, 0.2) is 11.0 Å². The highest BCUT2D eigenvalue weighted by molar-refractivity contribution is 6.30. The minimum Gasteiger partial charge on any atom is -0.481 e. The van der Waals surface area contributed by atoms with Crippen molar-refractivity contribution in [3.63, 3.8) is 0 Å². The van der Waals surface area contributed by atoms with Gasteiger partial charge in [-0.25, -0.2) is 14.4 Å². The topological polar surface area (TPSA) is 147 Å². The van der Waals surface area contributed by atoms with Crippen molar-refractivity contribution in [3.8, 4) is 5.88 Å². The Hall–Kier alpha value is -3.60. The average Bonchev–Trinajstić information content (AvgIpc) is 3.63. The molecule has 3 heterocycles. The van der Waals surface area contributed by atoms with E-state index in [2.05, 4.69) is 20.3 Å². The summed E-state index contributed by atoms with van der Waals surface area (Å²) in [5.41, 5.74) is 6.30. The van der Waals surface area contributed by atoms with Gasteiger partial charge in [0, 0.05) is 35.8 Å². The van der Waals surface area contributed by atoms with Gasteiger partial charge < -0.3 is 26.1 Å². The molecule has 2 aliphatic rings. The summed E-state index contributed by atoms with van der Waals surface area (Å²) in [4.78, 5) is 39.8. The normalized spacial score (nSPS) is 18.6. The molecule has 4 N–H and O–H groups in total. The number of nitrogens with zero attached hydrogens (tertiary/aromatic N) is 4. The van der Waals surface area contributed by atoms with Crippen LogP contribution < -0.4 is 15.8 Å². The molecule has 2 fully saturated rings. The van der Waals surface area contributed by atoms with Crippen molar-refractivity contribution in [2.45, 2.75) is 44.7 Å². The Kier molecular flexibility index (Phi) is 7.21. The number of rotatable bonds is 7. The number of hydrogen-bond acceptors (Lipinski definition) is 8. The maximum absolute atomic E-state index is 14.2. The molecule has 1 saturated carbocycles. The van der Waals surface area contributed by atoms with E-state index in [1.54, 1.807) is 18.0 Å². The van der Waals surface area contributed by atoms with Crippen LogP contribution in [0.25, 0.3) is 0 Å². The van der Waals surface area contributed by atoms with Crippen LogP contribution >= 0.6 is 11.6 Å². The second kappa shape index (κ2) is 10.2. The molecule has 1 aliphatic carbocycles. The third-order valence-electron chi connectivity index (χ3n) is 6.56. The number of halogens is 2. The molecule has 0 bridgehead atoms. The number of aromatic nitrogens is 3. The fraction of sp³-hybridized carbons (Fsp3) is 0.417. The molecule has 1 atom stereocenters. The van der Waals surface area contributed by atoms with Gasteiger partial charge in [-0.05, 0) is 38.7 Å². The van der Waals surface area contributed by atoms with Gasteiger partial charge in [-0.3, -0.25) is 14.6 Å². The maximum atomic E-state index is 14.2. The monoisotopic (exact) mass is 515 g/mol. The van der Waals surface area contributed by atoms with Gasteiger partial charge in [-0.15, -0.1) is 0 Å². The Morgan fingerprint density at radius 3 is 2.83 bits per heavy atom. The summed E-state index contributed by atoms with van der Waals surface area (Å²) in [6, 6.07) is 1.27. The Labute approximate surface area is 212 Å². The lowest BCUT2D eigenvalue weighted by Crippen LogP contribution is -2.51. The van der Waals surface area contributed by atoms with Gasteiger partial charge >= 0.3 is 0 Å². The number of hydrogen-bond donors (Lipinski definition) is 3. The van der Waals surface area contributed by atoms with Crippen molar-refractivity contribution in [1.82, 2.24) is 25.2 Å². The third kappa shape index (κ3) is 5.30. The van der Waals surface area contributed by atoms with Gasteiger partial charge in [-0.2, -0.15) is 0 Å². The SMILES string of the molecule is COc1cc(C(=N)C=C(N)C(=O)N2CC[C@H](C(=O)NCc3nc(C)cnc3Cl)CC23CC3)c(F)cn1. The first-order valence-corrected chi connectivity index (χ1v) is 11.8. The second-order valence-corrected chi connectivity index (χ2v) is 9.42. The highest BCUT2D eigenvalue weighted by atomic mass is 35.5. The maximum Gasteiger partial charge on any atom is 0.270 e. The molecule has 1 spiro atoms. The van der Waals surface area contributed by atoms with Crippen LogP contribution in [0.1, 0.15) is 42.6 Å². The van der Waals surface area contributed by atoms with Crippen molar-refractivity contribution in [2.24, 2.45) is 11.7 Å². The number of nitrogens with two attached hydrogens (primary N) is 1. The van der Waals surface area contributed by atoms with Crippen LogP contribution in [0.15, 0.2) is 30.2 Å². The van der Waals surface area contributed by atoms with Crippen molar-refractivity contribution in [3.05, 3.63) is 58.2 Å². The fourth-order valence-corrected chi connectivity index (χ4v) is 4.64. The summed E-state index contributed by atoms with van der Waals surface area (Å²) in [7, 11) is 1.38. The van der Waals surface area contributed by atoms with E-state index in [4.69, 9.17) is 27.5 Å². The highest BCUT2D eigenvalue weighted by Crippen LogP contribution is 2.50. The summed E-state index contributed by atoms with van der Waals surface area (Å²) in [6.45, 7) is 2.32. The zero-order chi connectivity index (χ0) is 26.0. The van der Waals surface area contributed by atoms with Crippen LogP contribution in [-0.4, -0.2) is 56.6 Å². The summed E-state index contributed by atoms with van der Waals surface area (Å²) in [5, 5.41) is 11.3. The first-order chi connectivity index (χ1) is 17.1. The molecule has 36 heavy (non-hydrogen) atoms. The van der Waals surface area contributed by atoms with Crippen molar-refractivity contribution in [2.75, 3.05) is 13.7 Å². The number of allylic oxidation sites excluding steroid dienone is 1.